The Hall–Kier alpha value is -0.610. The molecular weight excluding hydrogens is 208 g/mol. The Bertz CT molecular complexity index is 252. The molecule has 4 heteroatoms. The van der Waals surface area contributed by atoms with Gasteiger partial charge in [-0.1, -0.05) is 20.3 Å². The smallest absolute Gasteiger partial charge is 0.345 e. The van der Waals surface area contributed by atoms with Crippen LogP contribution in [0.25, 0.3) is 0 Å². The van der Waals surface area contributed by atoms with Crippen molar-refractivity contribution >= 4 is 5.97 Å². The molecule has 0 bridgehead atoms. The zero-order chi connectivity index (χ0) is 12.4. The van der Waals surface area contributed by atoms with Crippen LogP contribution in [0, 0.1) is 0 Å². The maximum absolute atomic E-state index is 12.1. The van der Waals surface area contributed by atoms with Gasteiger partial charge in [-0.15, -0.1) is 0 Å². The number of hydrogen-bond acceptors (Lipinski definition) is 4. The lowest BCUT2D eigenvalue weighted by Crippen LogP contribution is -2.62. The van der Waals surface area contributed by atoms with E-state index >= 15 is 0 Å². The quantitative estimate of drug-likeness (QED) is 0.550. The third-order valence-electron chi connectivity index (χ3n) is 2.65. The predicted octanol–water partition coefficient (Wildman–Crippen LogP) is 2.61. The van der Waals surface area contributed by atoms with E-state index in [1.54, 1.807) is 0 Å². The summed E-state index contributed by atoms with van der Waals surface area (Å²) in [6.45, 7) is 9.51. The Morgan fingerprint density at radius 2 is 2.00 bits per heavy atom. The summed E-state index contributed by atoms with van der Waals surface area (Å²) in [6.07, 6.45) is 2.18. The van der Waals surface area contributed by atoms with E-state index in [4.69, 9.17) is 14.5 Å². The molecule has 1 fully saturated rings. The number of carbonyl (C=O) groups excluding carboxylic acids is 1. The average molecular weight is 230 g/mol. The van der Waals surface area contributed by atoms with Gasteiger partial charge in [0.1, 0.15) is 11.7 Å². The first kappa shape index (κ1) is 13.5. The molecule has 0 radical (unpaired) electrons. The fraction of sp³-hybridized carbons (Fsp3) is 0.917. The van der Waals surface area contributed by atoms with Crippen LogP contribution in [0.4, 0.5) is 0 Å². The molecule has 94 valence electrons. The molecule has 0 aromatic rings. The molecule has 0 aromatic carbocycles. The van der Waals surface area contributed by atoms with E-state index in [0.717, 1.165) is 12.8 Å². The molecule has 0 saturated carbocycles. The second kappa shape index (κ2) is 4.72. The molecule has 1 aliphatic heterocycles. The fourth-order valence-electron chi connectivity index (χ4n) is 1.74. The van der Waals surface area contributed by atoms with Gasteiger partial charge in [0.05, 0.1) is 0 Å². The highest BCUT2D eigenvalue weighted by atomic mass is 17.3. The molecule has 16 heavy (non-hydrogen) atoms. The van der Waals surface area contributed by atoms with Crippen molar-refractivity contribution in [2.24, 2.45) is 0 Å². The van der Waals surface area contributed by atoms with Crippen LogP contribution in [0.2, 0.25) is 0 Å². The molecule has 2 atom stereocenters. The zero-order valence-corrected chi connectivity index (χ0v) is 10.8. The average Bonchev–Trinajstić information content (AvgIpc) is 2.11. The minimum atomic E-state index is -0.886. The van der Waals surface area contributed by atoms with Gasteiger partial charge in [0.25, 0.3) is 0 Å². The van der Waals surface area contributed by atoms with Gasteiger partial charge in [-0.2, -0.15) is 0 Å². The molecule has 4 nitrogen and oxygen atoms in total. The van der Waals surface area contributed by atoms with E-state index in [1.165, 1.54) is 0 Å². The highest BCUT2D eigenvalue weighted by Crippen LogP contribution is 2.38. The summed E-state index contributed by atoms with van der Waals surface area (Å²) in [6, 6.07) is 0. The molecular formula is C12H22O4. The van der Waals surface area contributed by atoms with Crippen LogP contribution in [-0.4, -0.2) is 23.3 Å². The molecule has 0 spiro atoms. The Morgan fingerprint density at radius 3 is 2.31 bits per heavy atom. The van der Waals surface area contributed by atoms with E-state index in [0.29, 0.717) is 6.42 Å². The van der Waals surface area contributed by atoms with Crippen LogP contribution in [-0.2, 0) is 19.3 Å². The number of hydrogen-bond donors (Lipinski definition) is 0. The summed E-state index contributed by atoms with van der Waals surface area (Å²) >= 11 is 0. The number of esters is 1. The first-order valence-corrected chi connectivity index (χ1v) is 5.93. The predicted molar refractivity (Wildman–Crippen MR) is 59.7 cm³/mol. The lowest BCUT2D eigenvalue weighted by molar-refractivity contribution is -0.499. The number of rotatable bonds is 4. The Morgan fingerprint density at radius 1 is 1.38 bits per heavy atom. The van der Waals surface area contributed by atoms with Gasteiger partial charge in [0.15, 0.2) is 0 Å². The summed E-state index contributed by atoms with van der Waals surface area (Å²) in [5, 5.41) is 0. The van der Waals surface area contributed by atoms with Crippen molar-refractivity contribution in [3.05, 3.63) is 0 Å². The van der Waals surface area contributed by atoms with Gasteiger partial charge in [-0.25, -0.2) is 14.6 Å². The van der Waals surface area contributed by atoms with Crippen LogP contribution in [0.15, 0.2) is 0 Å². The summed E-state index contributed by atoms with van der Waals surface area (Å²) in [5.41, 5.74) is -1.38. The molecule has 0 aromatic heterocycles. The zero-order valence-electron chi connectivity index (χ0n) is 10.8. The van der Waals surface area contributed by atoms with Crippen LogP contribution in [0.1, 0.15) is 53.9 Å². The second-order valence-corrected chi connectivity index (χ2v) is 5.20. The third-order valence-corrected chi connectivity index (χ3v) is 2.65. The Kier molecular flexibility index (Phi) is 3.97. The van der Waals surface area contributed by atoms with Crippen LogP contribution in [0.3, 0.4) is 0 Å². The maximum Gasteiger partial charge on any atom is 0.345 e. The second-order valence-electron chi connectivity index (χ2n) is 5.20. The van der Waals surface area contributed by atoms with E-state index in [1.807, 2.05) is 27.7 Å². The van der Waals surface area contributed by atoms with E-state index < -0.39 is 11.2 Å². The van der Waals surface area contributed by atoms with Crippen molar-refractivity contribution in [1.29, 1.82) is 0 Å². The first-order chi connectivity index (χ1) is 7.35. The van der Waals surface area contributed by atoms with Crippen molar-refractivity contribution in [2.45, 2.75) is 71.2 Å². The maximum atomic E-state index is 12.1. The number of carbonyl (C=O) groups is 1. The summed E-state index contributed by atoms with van der Waals surface area (Å²) in [5.74, 6) is -0.313. The summed E-state index contributed by atoms with van der Waals surface area (Å²) in [7, 11) is 0. The largest absolute Gasteiger partial charge is 0.458 e. The molecule has 1 heterocycles. The lowest BCUT2D eigenvalue weighted by atomic mass is 9.89. The van der Waals surface area contributed by atoms with Crippen molar-refractivity contribution in [3.63, 3.8) is 0 Å². The Labute approximate surface area is 97.2 Å². The van der Waals surface area contributed by atoms with E-state index in [-0.39, 0.29) is 12.1 Å². The van der Waals surface area contributed by atoms with Crippen LogP contribution < -0.4 is 0 Å². The number of ether oxygens (including phenoxy) is 1. The van der Waals surface area contributed by atoms with Gasteiger partial charge in [0, 0.05) is 0 Å². The molecule has 1 saturated heterocycles. The first-order valence-electron chi connectivity index (χ1n) is 5.93. The van der Waals surface area contributed by atoms with E-state index in [9.17, 15) is 4.79 Å². The molecule has 0 N–H and O–H groups in total. The molecule has 1 rings (SSSR count). The van der Waals surface area contributed by atoms with Crippen LogP contribution >= 0.6 is 0 Å². The van der Waals surface area contributed by atoms with Gasteiger partial charge in [-0.05, 0) is 33.6 Å². The van der Waals surface area contributed by atoms with Gasteiger partial charge in [-0.3, -0.25) is 0 Å². The highest BCUT2D eigenvalue weighted by molar-refractivity contribution is 5.81. The molecule has 0 aliphatic carbocycles. The van der Waals surface area contributed by atoms with Gasteiger partial charge < -0.3 is 4.74 Å². The minimum Gasteiger partial charge on any atom is -0.458 e. The normalized spacial score (nSPS) is 29.7. The summed E-state index contributed by atoms with van der Waals surface area (Å²) in [4.78, 5) is 22.1. The third kappa shape index (κ3) is 2.55. The van der Waals surface area contributed by atoms with Gasteiger partial charge in [0.2, 0.25) is 5.60 Å². The highest BCUT2D eigenvalue weighted by Gasteiger charge is 2.57. The topological polar surface area (TPSA) is 44.8 Å². The fourth-order valence-corrected chi connectivity index (χ4v) is 1.74. The SMILES string of the molecule is CCCC1OOC1(CC)C(=O)OC(C)(C)C. The van der Waals surface area contributed by atoms with Crippen molar-refractivity contribution in [1.82, 2.24) is 0 Å². The standard InChI is InChI=1S/C12H22O4/c1-6-8-9-12(7-2,16-15-9)10(13)14-11(3,4)5/h9H,6-8H2,1-5H3. The summed E-state index contributed by atoms with van der Waals surface area (Å²) < 4.78 is 5.37. The van der Waals surface area contributed by atoms with Gasteiger partial charge >= 0.3 is 5.97 Å². The van der Waals surface area contributed by atoms with Crippen molar-refractivity contribution in [2.75, 3.05) is 0 Å². The van der Waals surface area contributed by atoms with E-state index in [2.05, 4.69) is 6.92 Å². The Balaban J connectivity index is 2.70. The lowest BCUT2D eigenvalue weighted by Gasteiger charge is -2.45. The molecule has 0 amide bonds. The monoisotopic (exact) mass is 230 g/mol. The molecule has 1 aliphatic rings. The van der Waals surface area contributed by atoms with Crippen molar-refractivity contribution < 1.29 is 19.3 Å². The van der Waals surface area contributed by atoms with Crippen LogP contribution in [0.5, 0.6) is 0 Å². The minimum absolute atomic E-state index is 0.169. The van der Waals surface area contributed by atoms with Crippen molar-refractivity contribution in [3.8, 4) is 0 Å². The molecule has 2 unspecified atom stereocenters.